The summed E-state index contributed by atoms with van der Waals surface area (Å²) in [6, 6.07) is 5.13. The molecule has 8 nitrogen and oxygen atoms in total. The van der Waals surface area contributed by atoms with Gasteiger partial charge in [-0.2, -0.15) is 5.10 Å². The second-order valence-electron chi connectivity index (χ2n) is 9.33. The number of amides is 1. The highest BCUT2D eigenvalue weighted by molar-refractivity contribution is 5.94. The summed E-state index contributed by atoms with van der Waals surface area (Å²) >= 11 is 0. The summed E-state index contributed by atoms with van der Waals surface area (Å²) in [5.74, 6) is -4.19. The summed E-state index contributed by atoms with van der Waals surface area (Å²) in [5.41, 5.74) is 4.04. The Hall–Kier alpha value is -4.02. The lowest BCUT2D eigenvalue weighted by atomic mass is 9.81. The maximum Gasteiger partial charge on any atom is 0.273 e. The number of pyridine rings is 1. The van der Waals surface area contributed by atoms with Gasteiger partial charge in [0.25, 0.3) is 5.91 Å². The molecular formula is C25H22F3N7O. The number of halogens is 3. The van der Waals surface area contributed by atoms with Gasteiger partial charge in [0.2, 0.25) is 0 Å². The van der Waals surface area contributed by atoms with Crippen molar-refractivity contribution < 1.29 is 18.0 Å². The van der Waals surface area contributed by atoms with E-state index in [9.17, 15) is 18.0 Å². The summed E-state index contributed by atoms with van der Waals surface area (Å²) < 4.78 is 44.9. The fraction of sp³-hybridized carbons (Fsp3) is 0.320. The van der Waals surface area contributed by atoms with E-state index in [4.69, 9.17) is 0 Å². The Balaban J connectivity index is 1.41. The van der Waals surface area contributed by atoms with Gasteiger partial charge in [0.1, 0.15) is 18.3 Å². The van der Waals surface area contributed by atoms with Crippen molar-refractivity contribution in [2.75, 3.05) is 0 Å². The van der Waals surface area contributed by atoms with Crippen molar-refractivity contribution in [3.63, 3.8) is 0 Å². The molecule has 1 fully saturated rings. The van der Waals surface area contributed by atoms with Crippen LogP contribution >= 0.6 is 0 Å². The molecule has 1 aromatic carbocycles. The second kappa shape index (κ2) is 8.28. The predicted octanol–water partition coefficient (Wildman–Crippen LogP) is 4.08. The first kappa shape index (κ1) is 22.4. The minimum absolute atomic E-state index is 0.123. The first-order valence-electron chi connectivity index (χ1n) is 11.7. The quantitative estimate of drug-likeness (QED) is 0.402. The van der Waals surface area contributed by atoms with Crippen molar-refractivity contribution in [3.8, 4) is 16.9 Å². The van der Waals surface area contributed by atoms with E-state index < -0.39 is 17.5 Å². The Morgan fingerprint density at radius 3 is 2.47 bits per heavy atom. The first-order chi connectivity index (χ1) is 17.3. The number of carbonyl (C=O) groups excluding carboxylic acids is 1. The predicted molar refractivity (Wildman–Crippen MR) is 123 cm³/mol. The summed E-state index contributed by atoms with van der Waals surface area (Å²) in [5, 5.41) is 12.3. The molecule has 11 heteroatoms. The molecule has 0 N–H and O–H groups in total. The van der Waals surface area contributed by atoms with Gasteiger partial charge in [-0.1, -0.05) is 0 Å². The summed E-state index contributed by atoms with van der Waals surface area (Å²) in [6.07, 6.45) is 6.01. The van der Waals surface area contributed by atoms with Gasteiger partial charge in [-0.05, 0) is 56.9 Å². The average molecular weight is 493 g/mol. The zero-order valence-corrected chi connectivity index (χ0v) is 19.6. The average Bonchev–Trinajstić information content (AvgIpc) is 3.49. The number of piperidine rings is 1. The molecule has 184 valence electrons. The third-order valence-corrected chi connectivity index (χ3v) is 7.04. The Bertz CT molecular complexity index is 1470. The van der Waals surface area contributed by atoms with Crippen LogP contribution in [-0.4, -0.2) is 46.4 Å². The molecule has 2 bridgehead atoms. The Morgan fingerprint density at radius 2 is 1.75 bits per heavy atom. The summed E-state index contributed by atoms with van der Waals surface area (Å²) in [4.78, 5) is 20.2. The largest absolute Gasteiger partial charge is 0.325 e. The van der Waals surface area contributed by atoms with E-state index in [1.165, 1.54) is 0 Å². The molecular weight excluding hydrogens is 471 g/mol. The van der Waals surface area contributed by atoms with Crippen LogP contribution in [0.4, 0.5) is 13.2 Å². The van der Waals surface area contributed by atoms with Crippen LogP contribution in [0.2, 0.25) is 0 Å². The van der Waals surface area contributed by atoms with Crippen molar-refractivity contribution in [1.29, 1.82) is 0 Å². The van der Waals surface area contributed by atoms with Gasteiger partial charge in [-0.3, -0.25) is 14.0 Å². The highest BCUT2D eigenvalue weighted by Crippen LogP contribution is 2.45. The van der Waals surface area contributed by atoms with Gasteiger partial charge < -0.3 is 4.90 Å². The van der Waals surface area contributed by atoms with Crippen LogP contribution in [0.25, 0.3) is 16.9 Å². The first-order valence-corrected chi connectivity index (χ1v) is 11.7. The van der Waals surface area contributed by atoms with E-state index in [1.54, 1.807) is 35.0 Å². The van der Waals surface area contributed by atoms with Crippen molar-refractivity contribution in [2.45, 2.75) is 44.7 Å². The third-order valence-electron chi connectivity index (χ3n) is 7.04. The maximum absolute atomic E-state index is 14.0. The summed E-state index contributed by atoms with van der Waals surface area (Å²) in [7, 11) is 1.69. The number of rotatable bonds is 3. The van der Waals surface area contributed by atoms with Crippen molar-refractivity contribution in [3.05, 3.63) is 77.0 Å². The summed E-state index contributed by atoms with van der Waals surface area (Å²) in [6.45, 7) is 1.83. The van der Waals surface area contributed by atoms with E-state index in [0.29, 0.717) is 35.6 Å². The van der Waals surface area contributed by atoms with Crippen LogP contribution in [0, 0.1) is 24.4 Å². The number of benzene rings is 1. The lowest BCUT2D eigenvalue weighted by Gasteiger charge is -2.45. The molecule has 1 amide bonds. The monoisotopic (exact) mass is 493 g/mol. The van der Waals surface area contributed by atoms with Crippen molar-refractivity contribution in [2.24, 2.45) is 7.05 Å². The number of nitrogens with zero attached hydrogens (tertiary/aromatic N) is 7. The molecule has 2 aliphatic rings. The van der Waals surface area contributed by atoms with Gasteiger partial charge in [-0.15, -0.1) is 10.2 Å². The topological polar surface area (TPSA) is 81.7 Å². The molecule has 0 spiro atoms. The maximum atomic E-state index is 14.0. The minimum Gasteiger partial charge on any atom is -0.325 e. The fourth-order valence-corrected chi connectivity index (χ4v) is 5.58. The molecule has 36 heavy (non-hydrogen) atoms. The normalized spacial score (nSPS) is 18.9. The Kier molecular flexibility index (Phi) is 5.16. The fourth-order valence-electron chi connectivity index (χ4n) is 5.58. The van der Waals surface area contributed by atoms with Crippen LogP contribution in [0.15, 0.2) is 36.9 Å². The SMILES string of the molecule is Cc1cc(-n2cnnc2)cc(C(=O)N2C3CCCC2c2nn(C)c(-c4cc(F)c(F)c(F)c4)c2C3)n1. The van der Waals surface area contributed by atoms with Gasteiger partial charge in [0.05, 0.1) is 23.1 Å². The lowest BCUT2D eigenvalue weighted by Crippen LogP contribution is -2.50. The molecule has 3 aromatic heterocycles. The number of hydrogen-bond donors (Lipinski definition) is 0. The smallest absolute Gasteiger partial charge is 0.273 e. The molecule has 0 radical (unpaired) electrons. The zero-order valence-electron chi connectivity index (χ0n) is 19.6. The molecule has 2 aliphatic heterocycles. The van der Waals surface area contributed by atoms with E-state index in [-0.39, 0.29) is 23.6 Å². The number of carbonyl (C=O) groups is 1. The standard InChI is InChI=1S/C25H22F3N7O/c1-13-6-16(34-11-29-30-12-34)10-20(31-13)25(36)35-15-4-3-5-21(35)23-17(9-15)24(33(2)32-23)14-7-18(26)22(28)19(27)8-14/h6-8,10-12,15,21H,3-5,9H2,1-2H3. The van der Waals surface area contributed by atoms with Gasteiger partial charge in [0, 0.05) is 29.9 Å². The molecule has 0 aliphatic carbocycles. The molecule has 5 heterocycles. The van der Waals surface area contributed by atoms with Crippen LogP contribution in [0.3, 0.4) is 0 Å². The molecule has 6 rings (SSSR count). The van der Waals surface area contributed by atoms with Crippen molar-refractivity contribution in [1.82, 2.24) is 34.4 Å². The van der Waals surface area contributed by atoms with Gasteiger partial charge in [-0.25, -0.2) is 18.2 Å². The molecule has 2 atom stereocenters. The van der Waals surface area contributed by atoms with Gasteiger partial charge >= 0.3 is 0 Å². The number of fused-ring (bicyclic) bond motifs is 4. The highest BCUT2D eigenvalue weighted by Gasteiger charge is 2.44. The minimum atomic E-state index is -1.50. The van der Waals surface area contributed by atoms with E-state index in [0.717, 1.165) is 36.2 Å². The molecule has 4 aromatic rings. The van der Waals surface area contributed by atoms with Crippen LogP contribution in [-0.2, 0) is 13.5 Å². The van der Waals surface area contributed by atoms with Gasteiger partial charge in [0.15, 0.2) is 17.5 Å². The Labute approximate surface area is 204 Å². The van der Waals surface area contributed by atoms with Crippen LogP contribution in [0.1, 0.15) is 52.7 Å². The van der Waals surface area contributed by atoms with Crippen LogP contribution < -0.4 is 0 Å². The number of hydrogen-bond acceptors (Lipinski definition) is 5. The highest BCUT2D eigenvalue weighted by atomic mass is 19.2. The molecule has 2 unspecified atom stereocenters. The third kappa shape index (κ3) is 3.49. The molecule has 0 saturated carbocycles. The van der Waals surface area contributed by atoms with Crippen LogP contribution in [0.5, 0.6) is 0 Å². The lowest BCUT2D eigenvalue weighted by molar-refractivity contribution is 0.0385. The number of aromatic nitrogens is 6. The second-order valence-corrected chi connectivity index (χ2v) is 9.33. The van der Waals surface area contributed by atoms with E-state index >= 15 is 0 Å². The van der Waals surface area contributed by atoms with Crippen molar-refractivity contribution >= 4 is 5.91 Å². The number of aryl methyl sites for hydroxylation is 2. The van der Waals surface area contributed by atoms with E-state index in [2.05, 4.69) is 20.3 Å². The Morgan fingerprint density at radius 1 is 1.03 bits per heavy atom. The zero-order chi connectivity index (χ0) is 25.1. The molecule has 1 saturated heterocycles. The van der Waals surface area contributed by atoms with E-state index in [1.807, 2.05) is 17.9 Å².